The van der Waals surface area contributed by atoms with Crippen molar-refractivity contribution in [2.45, 2.75) is 124 Å². The second kappa shape index (κ2) is 15.7. The Bertz CT molecular complexity index is 1070. The van der Waals surface area contributed by atoms with Crippen molar-refractivity contribution >= 4 is 11.4 Å². The van der Waals surface area contributed by atoms with E-state index >= 15 is 0 Å². The maximum absolute atomic E-state index is 11.7. The van der Waals surface area contributed by atoms with Crippen LogP contribution >= 0.6 is 0 Å². The van der Waals surface area contributed by atoms with Crippen LogP contribution in [0, 0.1) is 0 Å². The lowest BCUT2D eigenvalue weighted by molar-refractivity contribution is -0.345. The van der Waals surface area contributed by atoms with Crippen LogP contribution in [0.4, 0.5) is 0 Å². The molecular weight excluding hydrogens is 448 g/mol. The zero-order valence-corrected chi connectivity index (χ0v) is 24.1. The summed E-state index contributed by atoms with van der Waals surface area (Å²) in [6.45, 7) is 9.00. The maximum Gasteiger partial charge on any atom is 0.211 e. The molecule has 0 unspecified atom stereocenters. The average Bonchev–Trinajstić information content (AvgIpc) is 3.16. The van der Waals surface area contributed by atoms with Gasteiger partial charge in [-0.25, -0.2) is 4.70 Å². The molecule has 0 aromatic heterocycles. The molecule has 0 spiro atoms. The number of hydrogen-bond acceptors (Lipinski definition) is 0. The van der Waals surface area contributed by atoms with E-state index in [1.165, 1.54) is 104 Å². The highest BCUT2D eigenvalue weighted by Gasteiger charge is 2.33. The summed E-state index contributed by atoms with van der Waals surface area (Å²) in [7, 11) is 0. The van der Waals surface area contributed by atoms with E-state index in [0.29, 0.717) is 0 Å². The third-order valence-corrected chi connectivity index (χ3v) is 7.84. The summed E-state index contributed by atoms with van der Waals surface area (Å²) >= 11 is 0. The second-order valence-corrected chi connectivity index (χ2v) is 10.9. The smallest absolute Gasteiger partial charge is 0.211 e. The topological polar surface area (TPSA) is 25.3 Å². The SMILES string of the molecule is CCCCCCC1=C(c2cccc(CCCCCC)c2)[N+](=[N-])C(c2cccc(CCCCCC)c2)=C1C. The first-order valence-corrected chi connectivity index (χ1v) is 15.2. The summed E-state index contributed by atoms with van der Waals surface area (Å²) < 4.78 is 1.51. The van der Waals surface area contributed by atoms with Crippen molar-refractivity contribution in [2.24, 2.45) is 0 Å². The molecule has 0 saturated heterocycles. The fraction of sp³-hybridized carbons (Fsp3) is 0.543. The molecule has 37 heavy (non-hydrogen) atoms. The monoisotopic (exact) mass is 498 g/mol. The third kappa shape index (κ3) is 8.25. The first-order valence-electron chi connectivity index (χ1n) is 15.2. The molecule has 0 atom stereocenters. The Kier molecular flexibility index (Phi) is 12.3. The van der Waals surface area contributed by atoms with Gasteiger partial charge in [0.25, 0.3) is 0 Å². The molecule has 0 N–H and O–H groups in total. The minimum atomic E-state index is 0.962. The predicted octanol–water partition coefficient (Wildman–Crippen LogP) is 11.1. The molecule has 2 aromatic rings. The van der Waals surface area contributed by atoms with Crippen molar-refractivity contribution in [2.75, 3.05) is 0 Å². The van der Waals surface area contributed by atoms with Gasteiger partial charge < -0.3 is 5.53 Å². The van der Waals surface area contributed by atoms with Gasteiger partial charge in [0.05, 0.1) is 0 Å². The molecule has 2 aromatic carbocycles. The van der Waals surface area contributed by atoms with Crippen molar-refractivity contribution in [3.8, 4) is 0 Å². The Morgan fingerprint density at radius 2 is 1.03 bits per heavy atom. The van der Waals surface area contributed by atoms with Crippen LogP contribution in [0.25, 0.3) is 16.9 Å². The van der Waals surface area contributed by atoms with Crippen LogP contribution < -0.4 is 0 Å². The van der Waals surface area contributed by atoms with E-state index in [1.54, 1.807) is 0 Å². The Morgan fingerprint density at radius 1 is 0.568 bits per heavy atom. The Balaban J connectivity index is 1.89. The molecule has 1 aliphatic rings. The number of benzene rings is 2. The summed E-state index contributed by atoms with van der Waals surface area (Å²) in [5.41, 5.74) is 21.2. The van der Waals surface area contributed by atoms with Gasteiger partial charge in [-0.05, 0) is 80.8 Å². The summed E-state index contributed by atoms with van der Waals surface area (Å²) in [6, 6.07) is 17.8. The molecule has 1 aliphatic heterocycles. The van der Waals surface area contributed by atoms with Gasteiger partial charge in [-0.3, -0.25) is 0 Å². The molecule has 2 nitrogen and oxygen atoms in total. The van der Waals surface area contributed by atoms with E-state index in [2.05, 4.69) is 76.2 Å². The zero-order chi connectivity index (χ0) is 26.5. The highest BCUT2D eigenvalue weighted by molar-refractivity contribution is 5.81. The van der Waals surface area contributed by atoms with Crippen LogP contribution in [0.1, 0.15) is 133 Å². The van der Waals surface area contributed by atoms with Crippen molar-refractivity contribution < 1.29 is 4.70 Å². The predicted molar refractivity (Wildman–Crippen MR) is 160 cm³/mol. The minimum absolute atomic E-state index is 0.962. The molecular formula is C35H50N2. The van der Waals surface area contributed by atoms with Gasteiger partial charge in [0.15, 0.2) is 0 Å². The first kappa shape index (κ1) is 29.1. The van der Waals surface area contributed by atoms with Crippen molar-refractivity contribution in [1.82, 2.24) is 0 Å². The fourth-order valence-corrected chi connectivity index (χ4v) is 5.65. The Hall–Kier alpha value is -2.48. The highest BCUT2D eigenvalue weighted by atomic mass is 15.2. The minimum Gasteiger partial charge on any atom is -0.493 e. The highest BCUT2D eigenvalue weighted by Crippen LogP contribution is 2.42. The normalized spacial score (nSPS) is 13.8. The molecule has 0 saturated carbocycles. The summed E-state index contributed by atoms with van der Waals surface area (Å²) in [5, 5.41) is 0. The summed E-state index contributed by atoms with van der Waals surface area (Å²) in [4.78, 5) is 0. The molecule has 0 amide bonds. The fourth-order valence-electron chi connectivity index (χ4n) is 5.65. The van der Waals surface area contributed by atoms with E-state index in [9.17, 15) is 5.53 Å². The third-order valence-electron chi connectivity index (χ3n) is 7.84. The largest absolute Gasteiger partial charge is 0.493 e. The van der Waals surface area contributed by atoms with E-state index < -0.39 is 0 Å². The van der Waals surface area contributed by atoms with Crippen LogP contribution in [-0.2, 0) is 12.8 Å². The number of hydrogen-bond donors (Lipinski definition) is 0. The number of nitrogens with zero attached hydrogens (tertiary/aromatic N) is 2. The van der Waals surface area contributed by atoms with Crippen molar-refractivity contribution in [1.29, 1.82) is 0 Å². The Morgan fingerprint density at radius 3 is 1.51 bits per heavy atom. The lowest BCUT2D eigenvalue weighted by Crippen LogP contribution is -2.03. The van der Waals surface area contributed by atoms with E-state index in [4.69, 9.17) is 0 Å². The molecule has 0 aliphatic carbocycles. The van der Waals surface area contributed by atoms with Gasteiger partial charge in [-0.15, -0.1) is 0 Å². The molecule has 0 bridgehead atoms. The molecule has 1 heterocycles. The van der Waals surface area contributed by atoms with Gasteiger partial charge in [0.1, 0.15) is 0 Å². The molecule has 0 fully saturated rings. The standard InChI is InChI=1S/C35H50N2/c1-5-8-11-14-19-29-21-17-23-31(26-29)34-28(4)33(25-16-13-10-7-3)35(37(34)36)32-24-18-22-30(27-32)20-15-12-9-6-2/h17-18,21-24,26-27H,5-16,19-20,25H2,1-4H3. The number of unbranched alkanes of at least 4 members (excludes halogenated alkanes) is 9. The van der Waals surface area contributed by atoms with Crippen molar-refractivity contribution in [3.63, 3.8) is 0 Å². The van der Waals surface area contributed by atoms with Gasteiger partial charge >= 0.3 is 0 Å². The lowest BCUT2D eigenvalue weighted by Gasteiger charge is -2.12. The molecule has 0 radical (unpaired) electrons. The van der Waals surface area contributed by atoms with Crippen LogP contribution in [0.5, 0.6) is 0 Å². The molecule has 3 rings (SSSR count). The van der Waals surface area contributed by atoms with E-state index in [0.717, 1.165) is 41.8 Å². The van der Waals surface area contributed by atoms with Gasteiger partial charge in [-0.2, -0.15) is 0 Å². The summed E-state index contributed by atoms with van der Waals surface area (Å²) in [6.07, 6.45) is 18.3. The first-order chi connectivity index (χ1) is 18.1. The maximum atomic E-state index is 11.7. The van der Waals surface area contributed by atoms with Gasteiger partial charge in [0, 0.05) is 22.3 Å². The van der Waals surface area contributed by atoms with Crippen molar-refractivity contribution in [3.05, 3.63) is 87.5 Å². The zero-order valence-electron chi connectivity index (χ0n) is 24.1. The molecule has 2 heteroatoms. The van der Waals surface area contributed by atoms with Crippen LogP contribution in [0.3, 0.4) is 0 Å². The number of aryl methyl sites for hydroxylation is 2. The molecule has 200 valence electrons. The van der Waals surface area contributed by atoms with E-state index in [-0.39, 0.29) is 0 Å². The summed E-state index contributed by atoms with van der Waals surface area (Å²) in [5.74, 6) is 0. The van der Waals surface area contributed by atoms with Gasteiger partial charge in [-0.1, -0.05) is 103 Å². The Labute approximate surface area is 227 Å². The van der Waals surface area contributed by atoms with Crippen LogP contribution in [0.15, 0.2) is 59.7 Å². The number of rotatable bonds is 17. The van der Waals surface area contributed by atoms with E-state index in [1.807, 2.05) is 0 Å². The second-order valence-electron chi connectivity index (χ2n) is 10.9. The van der Waals surface area contributed by atoms with Crippen LogP contribution in [0.2, 0.25) is 0 Å². The quantitative estimate of drug-likeness (QED) is 0.153. The number of allylic oxidation sites excluding steroid dienone is 2. The van der Waals surface area contributed by atoms with Crippen LogP contribution in [-0.4, -0.2) is 4.70 Å². The average molecular weight is 499 g/mol. The van der Waals surface area contributed by atoms with Gasteiger partial charge in [0.2, 0.25) is 11.4 Å². The lowest BCUT2D eigenvalue weighted by atomic mass is 9.94.